The highest BCUT2D eigenvalue weighted by Crippen LogP contribution is 2.42. The van der Waals surface area contributed by atoms with E-state index in [9.17, 15) is 0 Å². The lowest BCUT2D eigenvalue weighted by molar-refractivity contribution is 0.605. The van der Waals surface area contributed by atoms with Gasteiger partial charge in [-0.15, -0.1) is 0 Å². The van der Waals surface area contributed by atoms with Gasteiger partial charge in [0.2, 0.25) is 0 Å². The van der Waals surface area contributed by atoms with Crippen LogP contribution in [0, 0.1) is 5.92 Å². The molecule has 1 aliphatic carbocycles. The van der Waals surface area contributed by atoms with Crippen molar-refractivity contribution >= 4 is 65.5 Å². The average Bonchev–Trinajstić information content (AvgIpc) is 3.43. The fourth-order valence-electron chi connectivity index (χ4n) is 7.82. The van der Waals surface area contributed by atoms with E-state index in [1.165, 1.54) is 76.8 Å². The van der Waals surface area contributed by atoms with Crippen molar-refractivity contribution in [3.05, 3.63) is 163 Å². The van der Waals surface area contributed by atoms with Crippen LogP contribution >= 0.6 is 0 Å². The van der Waals surface area contributed by atoms with E-state index in [1.807, 2.05) is 0 Å². The van der Waals surface area contributed by atoms with Gasteiger partial charge < -0.3 is 9.47 Å². The standard InChI is InChI=1S/C44H34N2/c1-29-20-25-42(30(2)26-29)45(32-21-23-38-36-16-7-6-14-34(36)35-15-8-9-17-37(35)41(38)27-32)33-22-24-40-39-18-10-11-19-43(39)46(44(40)28-33)31-12-4-3-5-13-31/h3-28,30,42H,1-2H3. The van der Waals surface area contributed by atoms with Crippen LogP contribution in [0.5, 0.6) is 0 Å². The Morgan fingerprint density at radius 1 is 0.500 bits per heavy atom. The van der Waals surface area contributed by atoms with E-state index in [4.69, 9.17) is 0 Å². The number of nitrogens with zero attached hydrogens (tertiary/aromatic N) is 2. The molecule has 0 spiro atoms. The van der Waals surface area contributed by atoms with E-state index < -0.39 is 0 Å². The first kappa shape index (κ1) is 26.8. The van der Waals surface area contributed by atoms with E-state index in [1.54, 1.807) is 0 Å². The van der Waals surface area contributed by atoms with E-state index in [2.05, 4.69) is 181 Å². The van der Waals surface area contributed by atoms with Crippen LogP contribution in [0.3, 0.4) is 0 Å². The molecule has 2 unspecified atom stereocenters. The number of rotatable bonds is 4. The molecule has 0 aliphatic heterocycles. The van der Waals surface area contributed by atoms with Crippen molar-refractivity contribution < 1.29 is 0 Å². The molecule has 1 heterocycles. The van der Waals surface area contributed by atoms with Crippen LogP contribution in [0.2, 0.25) is 0 Å². The number of hydrogen-bond acceptors (Lipinski definition) is 1. The second-order valence-corrected chi connectivity index (χ2v) is 12.7. The molecule has 2 atom stereocenters. The van der Waals surface area contributed by atoms with Gasteiger partial charge in [-0.25, -0.2) is 0 Å². The number of anilines is 2. The Hall–Kier alpha value is -5.60. The smallest absolute Gasteiger partial charge is 0.0585 e. The highest BCUT2D eigenvalue weighted by Gasteiger charge is 2.27. The van der Waals surface area contributed by atoms with Crippen molar-refractivity contribution in [2.45, 2.75) is 19.9 Å². The van der Waals surface area contributed by atoms with E-state index in [0.717, 1.165) is 0 Å². The Morgan fingerprint density at radius 2 is 1.02 bits per heavy atom. The maximum absolute atomic E-state index is 2.56. The summed E-state index contributed by atoms with van der Waals surface area (Å²) in [7, 11) is 0. The minimum absolute atomic E-state index is 0.167. The fourth-order valence-corrected chi connectivity index (χ4v) is 7.82. The molecule has 0 amide bonds. The molecule has 7 aromatic carbocycles. The molecule has 0 N–H and O–H groups in total. The summed E-state index contributed by atoms with van der Waals surface area (Å²) in [6.07, 6.45) is 7.07. The molecule has 2 heteroatoms. The monoisotopic (exact) mass is 590 g/mol. The average molecular weight is 591 g/mol. The van der Waals surface area contributed by atoms with Gasteiger partial charge in [0.15, 0.2) is 0 Å². The summed E-state index contributed by atoms with van der Waals surface area (Å²) in [5.74, 6) is 0.338. The Bertz CT molecular complexity index is 2480. The Balaban J connectivity index is 1.32. The Morgan fingerprint density at radius 3 is 1.70 bits per heavy atom. The summed E-state index contributed by atoms with van der Waals surface area (Å²) in [5, 5.41) is 10.3. The molecule has 2 nitrogen and oxygen atoms in total. The van der Waals surface area contributed by atoms with Crippen molar-refractivity contribution in [2.75, 3.05) is 4.90 Å². The highest BCUT2D eigenvalue weighted by molar-refractivity contribution is 6.25. The quantitative estimate of drug-likeness (QED) is 0.185. The summed E-state index contributed by atoms with van der Waals surface area (Å²) in [6, 6.07) is 51.5. The molecule has 0 saturated carbocycles. The van der Waals surface area contributed by atoms with E-state index in [0.29, 0.717) is 5.92 Å². The van der Waals surface area contributed by atoms with Crippen LogP contribution in [-0.2, 0) is 0 Å². The Labute approximate surface area is 269 Å². The third-order valence-corrected chi connectivity index (χ3v) is 9.87. The third kappa shape index (κ3) is 4.10. The number of benzene rings is 7. The van der Waals surface area contributed by atoms with Crippen LogP contribution < -0.4 is 4.90 Å². The molecule has 46 heavy (non-hydrogen) atoms. The predicted molar refractivity (Wildman–Crippen MR) is 198 cm³/mol. The number of para-hydroxylation sites is 2. The molecule has 0 saturated heterocycles. The van der Waals surface area contributed by atoms with Gasteiger partial charge in [0.1, 0.15) is 0 Å². The van der Waals surface area contributed by atoms with Crippen molar-refractivity contribution in [2.24, 2.45) is 5.92 Å². The molecule has 9 rings (SSSR count). The zero-order valence-corrected chi connectivity index (χ0v) is 26.1. The van der Waals surface area contributed by atoms with Crippen molar-refractivity contribution in [1.82, 2.24) is 4.57 Å². The Kier molecular flexibility index (Phi) is 6.11. The molecule has 1 aromatic heterocycles. The first-order chi connectivity index (χ1) is 22.7. The number of aromatic nitrogens is 1. The van der Waals surface area contributed by atoms with Crippen molar-refractivity contribution in [1.29, 1.82) is 0 Å². The first-order valence-electron chi connectivity index (χ1n) is 16.2. The van der Waals surface area contributed by atoms with Crippen LogP contribution in [-0.4, -0.2) is 10.6 Å². The normalized spacial score (nSPS) is 16.5. The lowest BCUT2D eigenvalue weighted by Crippen LogP contribution is -2.35. The summed E-state index contributed by atoms with van der Waals surface area (Å²) >= 11 is 0. The fraction of sp³-hybridized carbons (Fsp3) is 0.0909. The minimum Gasteiger partial charge on any atom is -0.334 e. The second kappa shape index (κ2) is 10.5. The van der Waals surface area contributed by atoms with Gasteiger partial charge in [-0.2, -0.15) is 0 Å². The zero-order chi connectivity index (χ0) is 30.8. The highest BCUT2D eigenvalue weighted by atomic mass is 15.2. The maximum Gasteiger partial charge on any atom is 0.0585 e. The predicted octanol–water partition coefficient (Wildman–Crippen LogP) is 11.9. The van der Waals surface area contributed by atoms with Crippen molar-refractivity contribution in [3.8, 4) is 5.69 Å². The molecular formula is C44H34N2. The number of allylic oxidation sites excluding steroid dienone is 2. The second-order valence-electron chi connectivity index (χ2n) is 12.7. The largest absolute Gasteiger partial charge is 0.334 e. The number of hydrogen-bond donors (Lipinski definition) is 0. The van der Waals surface area contributed by atoms with E-state index >= 15 is 0 Å². The van der Waals surface area contributed by atoms with Gasteiger partial charge >= 0.3 is 0 Å². The minimum atomic E-state index is 0.167. The van der Waals surface area contributed by atoms with Gasteiger partial charge in [0.25, 0.3) is 0 Å². The first-order valence-corrected chi connectivity index (χ1v) is 16.2. The molecule has 0 radical (unpaired) electrons. The van der Waals surface area contributed by atoms with Gasteiger partial charge in [-0.3, -0.25) is 0 Å². The molecule has 0 fully saturated rings. The van der Waals surface area contributed by atoms with Gasteiger partial charge in [-0.05, 0) is 87.6 Å². The molecule has 0 bridgehead atoms. The van der Waals surface area contributed by atoms with Crippen LogP contribution in [0.4, 0.5) is 11.4 Å². The van der Waals surface area contributed by atoms with Gasteiger partial charge in [0, 0.05) is 27.8 Å². The van der Waals surface area contributed by atoms with Crippen LogP contribution in [0.25, 0.3) is 59.8 Å². The maximum atomic E-state index is 2.56. The van der Waals surface area contributed by atoms with Gasteiger partial charge in [0.05, 0.1) is 17.1 Å². The van der Waals surface area contributed by atoms with Gasteiger partial charge in [-0.1, -0.05) is 128 Å². The summed E-state index contributed by atoms with van der Waals surface area (Å²) in [5.41, 5.74) is 7.31. The van der Waals surface area contributed by atoms with E-state index in [-0.39, 0.29) is 6.04 Å². The molecule has 1 aliphatic rings. The molecule has 8 aromatic rings. The molecular weight excluding hydrogens is 556 g/mol. The topological polar surface area (TPSA) is 8.17 Å². The third-order valence-electron chi connectivity index (χ3n) is 9.87. The van der Waals surface area contributed by atoms with Crippen LogP contribution in [0.15, 0.2) is 163 Å². The summed E-state index contributed by atoms with van der Waals surface area (Å²) < 4.78 is 2.41. The van der Waals surface area contributed by atoms with Crippen molar-refractivity contribution in [3.63, 3.8) is 0 Å². The summed E-state index contributed by atoms with van der Waals surface area (Å²) in [4.78, 5) is 2.56. The lowest BCUT2D eigenvalue weighted by atomic mass is 9.90. The summed E-state index contributed by atoms with van der Waals surface area (Å²) in [6.45, 7) is 4.54. The number of fused-ring (bicyclic) bond motifs is 9. The zero-order valence-electron chi connectivity index (χ0n) is 26.1. The lowest BCUT2D eigenvalue weighted by Gasteiger charge is -2.37. The molecule has 220 valence electrons. The SMILES string of the molecule is CC1=CC(C)C(N(c2ccc3c4ccccc4c4ccccc4c3c2)c2ccc3c4ccccc4n(-c4ccccc4)c3c2)C=C1. The van der Waals surface area contributed by atoms with Crippen LogP contribution in [0.1, 0.15) is 13.8 Å².